The summed E-state index contributed by atoms with van der Waals surface area (Å²) in [5.41, 5.74) is -2.07. The Morgan fingerprint density at radius 2 is 1.82 bits per heavy atom. The Bertz CT molecular complexity index is 1200. The van der Waals surface area contributed by atoms with Crippen LogP contribution in [0.25, 0.3) is 0 Å². The minimum absolute atomic E-state index is 0.0368. The van der Waals surface area contributed by atoms with Crippen molar-refractivity contribution in [3.05, 3.63) is 94.0 Å². The van der Waals surface area contributed by atoms with Crippen molar-refractivity contribution >= 4 is 17.5 Å². The molecule has 0 radical (unpaired) electrons. The molecule has 0 bridgehead atoms. The van der Waals surface area contributed by atoms with E-state index in [4.69, 9.17) is 16.3 Å². The summed E-state index contributed by atoms with van der Waals surface area (Å²) < 4.78 is 60.9. The number of nitrogens with one attached hydrogen (secondary N) is 1. The van der Waals surface area contributed by atoms with Gasteiger partial charge in [-0.1, -0.05) is 29.8 Å². The number of nitrogens with zero attached hydrogens (tertiary/aromatic N) is 1. The van der Waals surface area contributed by atoms with E-state index in [1.165, 1.54) is 25.4 Å². The van der Waals surface area contributed by atoms with E-state index in [1.807, 2.05) is 0 Å². The molecule has 0 aliphatic heterocycles. The predicted molar refractivity (Wildman–Crippen MR) is 119 cm³/mol. The first kappa shape index (κ1) is 24.0. The average molecular weight is 493 g/mol. The number of aromatic nitrogens is 1. The second kappa shape index (κ2) is 9.25. The number of carbonyl (C=O) groups is 1. The van der Waals surface area contributed by atoms with Gasteiger partial charge in [-0.3, -0.25) is 9.78 Å². The SMILES string of the molecule is COc1ccccc1C[C@](NC(=O)C1CC1)(c1cc(F)cc(C(F)(F)F)c1)c1ccc(Cl)cn1. The van der Waals surface area contributed by atoms with E-state index in [9.17, 15) is 22.4 Å². The quantitative estimate of drug-likeness (QED) is 0.417. The molecule has 1 fully saturated rings. The van der Waals surface area contributed by atoms with Crippen molar-refractivity contribution in [3.63, 3.8) is 0 Å². The van der Waals surface area contributed by atoms with Crippen molar-refractivity contribution in [1.29, 1.82) is 0 Å². The monoisotopic (exact) mass is 492 g/mol. The summed E-state index contributed by atoms with van der Waals surface area (Å²) in [5.74, 6) is -1.22. The Morgan fingerprint density at radius 3 is 2.44 bits per heavy atom. The first-order chi connectivity index (χ1) is 16.1. The van der Waals surface area contributed by atoms with Crippen LogP contribution in [0.2, 0.25) is 5.02 Å². The van der Waals surface area contributed by atoms with E-state index in [1.54, 1.807) is 24.3 Å². The van der Waals surface area contributed by atoms with Crippen LogP contribution in [0.3, 0.4) is 0 Å². The summed E-state index contributed by atoms with van der Waals surface area (Å²) >= 11 is 6.01. The summed E-state index contributed by atoms with van der Waals surface area (Å²) in [6.07, 6.45) is -2.16. The molecule has 1 aromatic heterocycles. The predicted octanol–water partition coefficient (Wildman–Crippen LogP) is 5.91. The van der Waals surface area contributed by atoms with Gasteiger partial charge in [0.05, 0.1) is 23.4 Å². The third kappa shape index (κ3) is 5.01. The first-order valence-electron chi connectivity index (χ1n) is 10.6. The first-order valence-corrected chi connectivity index (χ1v) is 10.9. The van der Waals surface area contributed by atoms with E-state index in [0.29, 0.717) is 35.2 Å². The topological polar surface area (TPSA) is 51.2 Å². The van der Waals surface area contributed by atoms with Crippen LogP contribution in [0.1, 0.15) is 35.2 Å². The maximum absolute atomic E-state index is 14.6. The van der Waals surface area contributed by atoms with Crippen molar-refractivity contribution in [1.82, 2.24) is 10.3 Å². The van der Waals surface area contributed by atoms with Gasteiger partial charge >= 0.3 is 6.18 Å². The smallest absolute Gasteiger partial charge is 0.416 e. The second-order valence-electron chi connectivity index (χ2n) is 8.25. The molecule has 1 N–H and O–H groups in total. The van der Waals surface area contributed by atoms with Crippen molar-refractivity contribution in [3.8, 4) is 5.75 Å². The molecule has 0 spiro atoms. The molecule has 1 aliphatic carbocycles. The molecule has 1 amide bonds. The Hall–Kier alpha value is -3.13. The Morgan fingerprint density at radius 1 is 1.12 bits per heavy atom. The van der Waals surface area contributed by atoms with Gasteiger partial charge in [-0.2, -0.15) is 13.2 Å². The maximum Gasteiger partial charge on any atom is 0.416 e. The zero-order chi connectivity index (χ0) is 24.5. The summed E-state index contributed by atoms with van der Waals surface area (Å²) in [5, 5.41) is 3.22. The number of rotatable bonds is 7. The van der Waals surface area contributed by atoms with Gasteiger partial charge in [0, 0.05) is 18.5 Å². The molecular formula is C25H21ClF4N2O2. The minimum Gasteiger partial charge on any atom is -0.496 e. The van der Waals surface area contributed by atoms with Crippen LogP contribution in [-0.2, 0) is 22.9 Å². The lowest BCUT2D eigenvalue weighted by Crippen LogP contribution is -2.50. The summed E-state index contributed by atoms with van der Waals surface area (Å²) in [6.45, 7) is 0. The molecule has 2 aromatic carbocycles. The van der Waals surface area contributed by atoms with Crippen LogP contribution in [0.4, 0.5) is 17.6 Å². The fourth-order valence-electron chi connectivity index (χ4n) is 3.94. The van der Waals surface area contributed by atoms with E-state index in [2.05, 4.69) is 10.3 Å². The van der Waals surface area contributed by atoms with E-state index >= 15 is 0 Å². The van der Waals surface area contributed by atoms with E-state index < -0.39 is 23.1 Å². The number of halogens is 5. The van der Waals surface area contributed by atoms with Crippen LogP contribution >= 0.6 is 11.6 Å². The number of para-hydroxylation sites is 1. The van der Waals surface area contributed by atoms with Gasteiger partial charge in [-0.05, 0) is 60.4 Å². The number of hydrogen-bond donors (Lipinski definition) is 1. The molecule has 178 valence electrons. The van der Waals surface area contributed by atoms with Gasteiger partial charge in [0.2, 0.25) is 5.91 Å². The zero-order valence-corrected chi connectivity index (χ0v) is 18.9. The number of methoxy groups -OCH3 is 1. The summed E-state index contributed by atoms with van der Waals surface area (Å²) in [4.78, 5) is 17.4. The third-order valence-electron chi connectivity index (χ3n) is 5.82. The molecule has 4 nitrogen and oxygen atoms in total. The fraction of sp³-hybridized carbons (Fsp3) is 0.280. The molecule has 0 unspecified atom stereocenters. The van der Waals surface area contributed by atoms with Crippen LogP contribution < -0.4 is 10.1 Å². The van der Waals surface area contributed by atoms with Crippen LogP contribution in [0, 0.1) is 11.7 Å². The zero-order valence-electron chi connectivity index (χ0n) is 18.1. The second-order valence-corrected chi connectivity index (χ2v) is 8.68. The molecule has 1 aliphatic rings. The lowest BCUT2D eigenvalue weighted by Gasteiger charge is -2.36. The fourth-order valence-corrected chi connectivity index (χ4v) is 4.05. The van der Waals surface area contributed by atoms with Crippen molar-refractivity contribution in [2.24, 2.45) is 5.92 Å². The average Bonchev–Trinajstić information content (AvgIpc) is 3.64. The van der Waals surface area contributed by atoms with Crippen LogP contribution in [-0.4, -0.2) is 18.0 Å². The molecule has 1 heterocycles. The normalized spacial score (nSPS) is 15.5. The molecule has 3 aromatic rings. The third-order valence-corrected chi connectivity index (χ3v) is 6.04. The Balaban J connectivity index is 1.98. The Kier molecular flexibility index (Phi) is 6.53. The number of ether oxygens (including phenoxy) is 1. The number of alkyl halides is 3. The van der Waals surface area contributed by atoms with Crippen molar-refractivity contribution < 1.29 is 27.1 Å². The number of pyridine rings is 1. The molecule has 1 atom stereocenters. The molecule has 34 heavy (non-hydrogen) atoms. The Labute approximate surface area is 198 Å². The number of benzene rings is 2. The highest BCUT2D eigenvalue weighted by Crippen LogP contribution is 2.40. The summed E-state index contributed by atoms with van der Waals surface area (Å²) in [7, 11) is 1.47. The van der Waals surface area contributed by atoms with Gasteiger partial charge in [0.15, 0.2) is 0 Å². The van der Waals surface area contributed by atoms with E-state index in [-0.39, 0.29) is 29.5 Å². The van der Waals surface area contributed by atoms with Crippen molar-refractivity contribution in [2.75, 3.05) is 7.11 Å². The van der Waals surface area contributed by atoms with Gasteiger partial charge in [0.1, 0.15) is 17.1 Å². The largest absolute Gasteiger partial charge is 0.496 e. The lowest BCUT2D eigenvalue weighted by molar-refractivity contribution is -0.137. The van der Waals surface area contributed by atoms with Gasteiger partial charge < -0.3 is 10.1 Å². The van der Waals surface area contributed by atoms with Gasteiger partial charge in [-0.15, -0.1) is 0 Å². The summed E-state index contributed by atoms with van der Waals surface area (Å²) in [6, 6.07) is 12.2. The highest BCUT2D eigenvalue weighted by atomic mass is 35.5. The van der Waals surface area contributed by atoms with Gasteiger partial charge in [0.25, 0.3) is 0 Å². The molecule has 0 saturated heterocycles. The maximum atomic E-state index is 14.6. The molecule has 9 heteroatoms. The number of carbonyl (C=O) groups excluding carboxylic acids is 1. The van der Waals surface area contributed by atoms with E-state index in [0.717, 1.165) is 12.1 Å². The lowest BCUT2D eigenvalue weighted by atomic mass is 9.79. The number of hydrogen-bond acceptors (Lipinski definition) is 3. The van der Waals surface area contributed by atoms with Crippen LogP contribution in [0.15, 0.2) is 60.8 Å². The highest BCUT2D eigenvalue weighted by Gasteiger charge is 2.43. The number of amides is 1. The van der Waals surface area contributed by atoms with Crippen LogP contribution in [0.5, 0.6) is 5.75 Å². The minimum atomic E-state index is -4.79. The molecular weight excluding hydrogens is 472 g/mol. The molecule has 1 saturated carbocycles. The standard InChI is InChI=1S/C25H21ClF4N2O2/c1-34-21-5-3-2-4-16(21)13-24(32-23(33)15-6-7-15,22-9-8-19(26)14-31-22)17-10-18(25(28,29)30)12-20(27)11-17/h2-5,8-12,14-15H,6-7,13H2,1H3,(H,32,33)/t24-/m0/s1. The van der Waals surface area contributed by atoms with Crippen molar-refractivity contribution in [2.45, 2.75) is 31.0 Å². The molecule has 4 rings (SSSR count). The highest BCUT2D eigenvalue weighted by molar-refractivity contribution is 6.30. The van der Waals surface area contributed by atoms with Gasteiger partial charge in [-0.25, -0.2) is 4.39 Å².